The summed E-state index contributed by atoms with van der Waals surface area (Å²) < 4.78 is 12.1. The van der Waals surface area contributed by atoms with Gasteiger partial charge in [-0.1, -0.05) is 13.8 Å². The summed E-state index contributed by atoms with van der Waals surface area (Å²) in [4.78, 5) is 25.9. The molecule has 0 aliphatic carbocycles. The van der Waals surface area contributed by atoms with Crippen LogP contribution in [0.2, 0.25) is 0 Å². The Labute approximate surface area is 145 Å². The molecule has 1 saturated heterocycles. The number of piperidine rings is 1. The van der Waals surface area contributed by atoms with E-state index in [-0.39, 0.29) is 23.5 Å². The molecule has 0 bridgehead atoms. The molecule has 24 heavy (non-hydrogen) atoms. The average molecular weight is 351 g/mol. The number of benzene rings is 1. The zero-order valence-electron chi connectivity index (χ0n) is 14.2. The van der Waals surface area contributed by atoms with E-state index in [0.29, 0.717) is 25.1 Å². The van der Waals surface area contributed by atoms with Gasteiger partial charge in [-0.2, -0.15) is 0 Å². The summed E-state index contributed by atoms with van der Waals surface area (Å²) >= 11 is 0. The van der Waals surface area contributed by atoms with Crippen LogP contribution in [0.15, 0.2) is 29.2 Å². The highest BCUT2D eigenvalue weighted by Crippen LogP contribution is 2.23. The number of carbonyl (C=O) groups is 2. The molecule has 1 heterocycles. The molecule has 6 heteroatoms. The van der Waals surface area contributed by atoms with E-state index >= 15 is 0 Å². The third-order valence-corrected chi connectivity index (χ3v) is 5.93. The van der Waals surface area contributed by atoms with Crippen molar-refractivity contribution >= 4 is 22.7 Å². The van der Waals surface area contributed by atoms with Gasteiger partial charge in [0, 0.05) is 35.2 Å². The molecular weight excluding hydrogens is 326 g/mol. The molecule has 0 spiro atoms. The van der Waals surface area contributed by atoms with E-state index in [1.54, 1.807) is 24.3 Å². The summed E-state index contributed by atoms with van der Waals surface area (Å²) in [5.41, 5.74) is 0.596. The van der Waals surface area contributed by atoms with Crippen molar-refractivity contribution in [1.29, 1.82) is 0 Å². The number of carboxylic acids is 1. The second kappa shape index (κ2) is 8.42. The van der Waals surface area contributed by atoms with Gasteiger partial charge in [0.2, 0.25) is 0 Å². The normalized spacial score (nSPS) is 19.3. The number of nitrogens with zero attached hydrogens (tertiary/aromatic N) is 1. The first kappa shape index (κ1) is 18.6. The first-order chi connectivity index (χ1) is 11.4. The summed E-state index contributed by atoms with van der Waals surface area (Å²) in [6.45, 7) is 5.13. The standard InChI is InChI=1S/C18H25NO4S/c1-13(2)24(23)16-8-6-15(7-9-16)18(22)19-11-3-4-14(12-19)5-10-17(20)21/h6-9,13-14H,3-5,10-12H2,1-2H3,(H,20,21). The third kappa shape index (κ3) is 4.90. The van der Waals surface area contributed by atoms with Crippen LogP contribution in [0.3, 0.4) is 0 Å². The molecule has 0 radical (unpaired) electrons. The Kier molecular flexibility index (Phi) is 6.54. The van der Waals surface area contributed by atoms with Gasteiger partial charge in [0.05, 0.1) is 10.8 Å². The number of amides is 1. The number of carboxylic acid groups (broad SMARTS) is 1. The maximum atomic E-state index is 12.6. The predicted octanol–water partition coefficient (Wildman–Crippen LogP) is 2.92. The Balaban J connectivity index is 2.00. The smallest absolute Gasteiger partial charge is 0.303 e. The van der Waals surface area contributed by atoms with E-state index in [4.69, 9.17) is 5.11 Å². The summed E-state index contributed by atoms with van der Waals surface area (Å²) in [7, 11) is -1.05. The van der Waals surface area contributed by atoms with E-state index in [2.05, 4.69) is 0 Å². The molecule has 5 nitrogen and oxygen atoms in total. The molecule has 1 aliphatic rings. The van der Waals surface area contributed by atoms with Crippen LogP contribution >= 0.6 is 0 Å². The number of likely N-dealkylation sites (tertiary alicyclic amines) is 1. The summed E-state index contributed by atoms with van der Waals surface area (Å²) in [6, 6.07) is 6.99. The second-order valence-electron chi connectivity index (χ2n) is 6.56. The van der Waals surface area contributed by atoms with Crippen molar-refractivity contribution in [2.45, 2.75) is 49.7 Å². The average Bonchev–Trinajstić information content (AvgIpc) is 2.59. The molecule has 0 aromatic heterocycles. The van der Waals surface area contributed by atoms with Gasteiger partial charge in [-0.3, -0.25) is 13.8 Å². The van der Waals surface area contributed by atoms with Crippen molar-refractivity contribution in [3.8, 4) is 0 Å². The highest BCUT2D eigenvalue weighted by molar-refractivity contribution is 7.85. The van der Waals surface area contributed by atoms with Crippen LogP contribution in [0, 0.1) is 5.92 Å². The van der Waals surface area contributed by atoms with Crippen LogP contribution < -0.4 is 0 Å². The van der Waals surface area contributed by atoms with Crippen LogP contribution in [-0.2, 0) is 15.6 Å². The maximum Gasteiger partial charge on any atom is 0.303 e. The molecule has 1 fully saturated rings. The molecule has 1 aromatic rings. The van der Waals surface area contributed by atoms with Gasteiger partial charge in [-0.05, 0) is 49.4 Å². The van der Waals surface area contributed by atoms with E-state index < -0.39 is 16.8 Å². The molecule has 2 unspecified atom stereocenters. The quantitative estimate of drug-likeness (QED) is 0.855. The fraction of sp³-hybridized carbons (Fsp3) is 0.556. The zero-order chi connectivity index (χ0) is 17.7. The van der Waals surface area contributed by atoms with Crippen molar-refractivity contribution < 1.29 is 18.9 Å². The van der Waals surface area contributed by atoms with Gasteiger partial charge in [-0.15, -0.1) is 0 Å². The Morgan fingerprint density at radius 2 is 1.96 bits per heavy atom. The molecule has 132 valence electrons. The monoisotopic (exact) mass is 351 g/mol. The number of hydrogen-bond donors (Lipinski definition) is 1. The lowest BCUT2D eigenvalue weighted by Gasteiger charge is -2.32. The maximum absolute atomic E-state index is 12.6. The van der Waals surface area contributed by atoms with Gasteiger partial charge in [0.15, 0.2) is 0 Å². The fourth-order valence-electron chi connectivity index (χ4n) is 3.00. The van der Waals surface area contributed by atoms with Gasteiger partial charge in [0.25, 0.3) is 5.91 Å². The summed E-state index contributed by atoms with van der Waals surface area (Å²) in [5.74, 6) is -0.560. The van der Waals surface area contributed by atoms with Gasteiger partial charge in [0.1, 0.15) is 0 Å². The molecule has 0 saturated carbocycles. The van der Waals surface area contributed by atoms with E-state index in [1.165, 1.54) is 0 Å². The van der Waals surface area contributed by atoms with Crippen molar-refractivity contribution in [3.63, 3.8) is 0 Å². The number of aliphatic carboxylic acids is 1. The Morgan fingerprint density at radius 3 is 2.54 bits per heavy atom. The molecule has 1 N–H and O–H groups in total. The van der Waals surface area contributed by atoms with Crippen molar-refractivity contribution in [3.05, 3.63) is 29.8 Å². The Morgan fingerprint density at radius 1 is 1.29 bits per heavy atom. The third-order valence-electron chi connectivity index (χ3n) is 4.33. The lowest BCUT2D eigenvalue weighted by Crippen LogP contribution is -2.40. The van der Waals surface area contributed by atoms with E-state index in [1.807, 2.05) is 18.7 Å². The highest BCUT2D eigenvalue weighted by atomic mass is 32.2. The van der Waals surface area contributed by atoms with Crippen molar-refractivity contribution in [2.75, 3.05) is 13.1 Å². The largest absolute Gasteiger partial charge is 0.481 e. The van der Waals surface area contributed by atoms with Crippen LogP contribution in [0.4, 0.5) is 0 Å². The molecule has 1 aliphatic heterocycles. The zero-order valence-corrected chi connectivity index (χ0v) is 15.1. The number of hydrogen-bond acceptors (Lipinski definition) is 3. The molecular formula is C18H25NO4S. The lowest BCUT2D eigenvalue weighted by atomic mass is 9.93. The van der Waals surface area contributed by atoms with Gasteiger partial charge in [-0.25, -0.2) is 0 Å². The van der Waals surface area contributed by atoms with Crippen LogP contribution in [0.25, 0.3) is 0 Å². The van der Waals surface area contributed by atoms with E-state index in [0.717, 1.165) is 17.7 Å². The Hall–Kier alpha value is -1.69. The van der Waals surface area contributed by atoms with Crippen molar-refractivity contribution in [1.82, 2.24) is 4.90 Å². The lowest BCUT2D eigenvalue weighted by molar-refractivity contribution is -0.137. The number of carbonyl (C=O) groups excluding carboxylic acids is 1. The fourth-order valence-corrected chi connectivity index (χ4v) is 3.95. The SMILES string of the molecule is CC(C)S(=O)c1ccc(C(=O)N2CCCC(CCC(=O)O)C2)cc1. The van der Waals surface area contributed by atoms with Crippen LogP contribution in [0.5, 0.6) is 0 Å². The molecule has 2 rings (SSSR count). The number of rotatable bonds is 6. The first-order valence-electron chi connectivity index (χ1n) is 8.40. The predicted molar refractivity (Wildman–Crippen MR) is 93.5 cm³/mol. The molecule has 2 atom stereocenters. The van der Waals surface area contributed by atoms with Crippen LogP contribution in [-0.4, -0.2) is 44.4 Å². The minimum Gasteiger partial charge on any atom is -0.481 e. The molecule has 1 amide bonds. The summed E-state index contributed by atoms with van der Waals surface area (Å²) in [6.07, 6.45) is 2.66. The van der Waals surface area contributed by atoms with Gasteiger partial charge < -0.3 is 10.0 Å². The summed E-state index contributed by atoms with van der Waals surface area (Å²) in [5, 5.41) is 8.85. The molecule has 1 aromatic carbocycles. The minimum atomic E-state index is -1.05. The van der Waals surface area contributed by atoms with E-state index in [9.17, 15) is 13.8 Å². The minimum absolute atomic E-state index is 0.0306. The second-order valence-corrected chi connectivity index (χ2v) is 8.57. The highest BCUT2D eigenvalue weighted by Gasteiger charge is 2.25. The van der Waals surface area contributed by atoms with Gasteiger partial charge >= 0.3 is 5.97 Å². The van der Waals surface area contributed by atoms with Crippen LogP contribution in [0.1, 0.15) is 49.9 Å². The Bertz CT molecular complexity index is 612. The topological polar surface area (TPSA) is 74.7 Å². The first-order valence-corrected chi connectivity index (χ1v) is 9.61. The van der Waals surface area contributed by atoms with Crippen molar-refractivity contribution in [2.24, 2.45) is 5.92 Å².